The van der Waals surface area contributed by atoms with E-state index in [1.165, 1.54) is 10.6 Å². The Balaban J connectivity index is 1.61. The van der Waals surface area contributed by atoms with Gasteiger partial charge in [0.1, 0.15) is 0 Å². The molecule has 8 nitrogen and oxygen atoms in total. The molecule has 31 heavy (non-hydrogen) atoms. The summed E-state index contributed by atoms with van der Waals surface area (Å²) in [6.45, 7) is 5.95. The Labute approximate surface area is 183 Å². The third-order valence-electron chi connectivity index (χ3n) is 4.94. The molecule has 3 N–H and O–H groups in total. The average molecular weight is 445 g/mol. The van der Waals surface area contributed by atoms with Crippen LogP contribution in [0.25, 0.3) is 0 Å². The number of anilines is 2. The van der Waals surface area contributed by atoms with E-state index in [1.807, 2.05) is 32.9 Å². The van der Waals surface area contributed by atoms with Crippen molar-refractivity contribution < 1.29 is 18.0 Å². The fourth-order valence-electron chi connectivity index (χ4n) is 3.67. The van der Waals surface area contributed by atoms with Crippen LogP contribution in [0.1, 0.15) is 42.3 Å². The number of carbonyl (C=O) groups is 2. The van der Waals surface area contributed by atoms with Crippen molar-refractivity contribution >= 4 is 33.3 Å². The molecule has 0 aliphatic carbocycles. The zero-order valence-corrected chi connectivity index (χ0v) is 18.9. The SMILES string of the molecule is CC(C)NC(=O)Nc1ccc(CNC(=O)c2ccc3c(c2)CC(C)N3S(C)(=O)=O)cc1. The van der Waals surface area contributed by atoms with Crippen LogP contribution in [0.15, 0.2) is 42.5 Å². The number of sulfonamides is 1. The van der Waals surface area contributed by atoms with Crippen LogP contribution in [-0.4, -0.2) is 38.7 Å². The molecular formula is C22H28N4O4S. The van der Waals surface area contributed by atoms with Gasteiger partial charge in [-0.05, 0) is 68.7 Å². The lowest BCUT2D eigenvalue weighted by Crippen LogP contribution is -2.34. The summed E-state index contributed by atoms with van der Waals surface area (Å²) in [5.74, 6) is -0.230. The standard InChI is InChI=1S/C22H28N4O4S/c1-14(2)24-22(28)25-19-8-5-16(6-9-19)13-23-21(27)17-7-10-20-18(12-17)11-15(3)26(20)31(4,29)30/h5-10,12,14-15H,11,13H2,1-4H3,(H,23,27)(H2,24,25,28). The molecule has 166 valence electrons. The maximum atomic E-state index is 12.6. The highest BCUT2D eigenvalue weighted by molar-refractivity contribution is 7.92. The number of fused-ring (bicyclic) bond motifs is 1. The lowest BCUT2D eigenvalue weighted by atomic mass is 10.1. The minimum atomic E-state index is -3.36. The van der Waals surface area contributed by atoms with Gasteiger partial charge in [-0.2, -0.15) is 0 Å². The Bertz CT molecular complexity index is 1080. The molecule has 0 bridgehead atoms. The van der Waals surface area contributed by atoms with E-state index in [0.717, 1.165) is 11.1 Å². The first kappa shape index (κ1) is 22.6. The van der Waals surface area contributed by atoms with Gasteiger partial charge in [-0.25, -0.2) is 13.2 Å². The van der Waals surface area contributed by atoms with E-state index in [2.05, 4.69) is 16.0 Å². The van der Waals surface area contributed by atoms with Crippen molar-refractivity contribution in [1.29, 1.82) is 0 Å². The summed E-state index contributed by atoms with van der Waals surface area (Å²) in [4.78, 5) is 24.3. The molecule has 1 unspecified atom stereocenters. The van der Waals surface area contributed by atoms with E-state index >= 15 is 0 Å². The summed E-state index contributed by atoms with van der Waals surface area (Å²) in [6.07, 6.45) is 1.76. The van der Waals surface area contributed by atoms with Crippen LogP contribution >= 0.6 is 0 Å². The van der Waals surface area contributed by atoms with Crippen LogP contribution in [0, 0.1) is 0 Å². The largest absolute Gasteiger partial charge is 0.348 e. The van der Waals surface area contributed by atoms with Gasteiger partial charge >= 0.3 is 6.03 Å². The van der Waals surface area contributed by atoms with E-state index in [-0.39, 0.29) is 24.0 Å². The van der Waals surface area contributed by atoms with E-state index in [9.17, 15) is 18.0 Å². The quantitative estimate of drug-likeness (QED) is 0.637. The molecule has 0 saturated carbocycles. The number of hydrogen-bond donors (Lipinski definition) is 3. The zero-order chi connectivity index (χ0) is 22.8. The number of benzene rings is 2. The summed E-state index contributed by atoms with van der Waals surface area (Å²) in [7, 11) is -3.36. The predicted octanol–water partition coefficient (Wildman–Crippen LogP) is 2.86. The van der Waals surface area contributed by atoms with Gasteiger partial charge in [0.2, 0.25) is 10.0 Å². The van der Waals surface area contributed by atoms with Crippen molar-refractivity contribution in [2.24, 2.45) is 0 Å². The van der Waals surface area contributed by atoms with E-state index in [4.69, 9.17) is 0 Å². The second-order valence-corrected chi connectivity index (χ2v) is 9.95. The van der Waals surface area contributed by atoms with Crippen molar-refractivity contribution in [3.8, 4) is 0 Å². The van der Waals surface area contributed by atoms with Gasteiger partial charge in [0.05, 0.1) is 11.9 Å². The molecule has 0 aromatic heterocycles. The topological polar surface area (TPSA) is 108 Å². The van der Waals surface area contributed by atoms with Gasteiger partial charge in [-0.1, -0.05) is 12.1 Å². The number of rotatable bonds is 6. The number of nitrogens with one attached hydrogen (secondary N) is 3. The van der Waals surface area contributed by atoms with Crippen LogP contribution < -0.4 is 20.3 Å². The molecule has 0 spiro atoms. The molecule has 1 aliphatic rings. The Morgan fingerprint density at radius 2 is 1.81 bits per heavy atom. The summed E-state index contributed by atoms with van der Waals surface area (Å²) in [6, 6.07) is 11.9. The molecule has 0 saturated heterocycles. The van der Waals surface area contributed by atoms with Gasteiger partial charge in [0.15, 0.2) is 0 Å². The highest BCUT2D eigenvalue weighted by Crippen LogP contribution is 2.34. The summed E-state index contributed by atoms with van der Waals surface area (Å²) in [5.41, 5.74) is 3.53. The molecule has 0 fully saturated rings. The fourth-order valence-corrected chi connectivity index (χ4v) is 4.93. The van der Waals surface area contributed by atoms with Crippen LogP contribution in [0.3, 0.4) is 0 Å². The lowest BCUT2D eigenvalue weighted by molar-refractivity contribution is 0.0951. The maximum Gasteiger partial charge on any atom is 0.319 e. The van der Waals surface area contributed by atoms with Gasteiger partial charge in [-0.3, -0.25) is 9.10 Å². The summed E-state index contributed by atoms with van der Waals surface area (Å²) >= 11 is 0. The number of carbonyl (C=O) groups excluding carboxylic acids is 2. The maximum absolute atomic E-state index is 12.6. The molecule has 3 amide bonds. The molecule has 2 aromatic carbocycles. The van der Waals surface area contributed by atoms with Crippen LogP contribution in [0.5, 0.6) is 0 Å². The van der Waals surface area contributed by atoms with Gasteiger partial charge in [-0.15, -0.1) is 0 Å². The van der Waals surface area contributed by atoms with Gasteiger partial charge in [0, 0.05) is 29.9 Å². The van der Waals surface area contributed by atoms with Gasteiger partial charge in [0.25, 0.3) is 5.91 Å². The van der Waals surface area contributed by atoms with Crippen LogP contribution in [0.2, 0.25) is 0 Å². The first-order valence-corrected chi connectivity index (χ1v) is 12.0. The van der Waals surface area contributed by atoms with Crippen molar-refractivity contribution in [3.05, 3.63) is 59.2 Å². The minimum absolute atomic E-state index is 0.0476. The van der Waals surface area contributed by atoms with Crippen LogP contribution in [0.4, 0.5) is 16.2 Å². The van der Waals surface area contributed by atoms with Crippen LogP contribution in [-0.2, 0) is 23.0 Å². The zero-order valence-electron chi connectivity index (χ0n) is 18.1. The average Bonchev–Trinajstić information content (AvgIpc) is 3.01. The Hall–Kier alpha value is -3.07. The third-order valence-corrected chi connectivity index (χ3v) is 6.21. The number of amides is 3. The molecule has 9 heteroatoms. The molecule has 1 heterocycles. The van der Waals surface area contributed by atoms with E-state index in [0.29, 0.717) is 29.9 Å². The molecule has 0 radical (unpaired) electrons. The highest BCUT2D eigenvalue weighted by atomic mass is 32.2. The first-order chi connectivity index (χ1) is 14.5. The number of hydrogen-bond acceptors (Lipinski definition) is 4. The Kier molecular flexibility index (Phi) is 6.54. The Morgan fingerprint density at radius 1 is 1.13 bits per heavy atom. The van der Waals surface area contributed by atoms with Crippen molar-refractivity contribution in [2.75, 3.05) is 15.9 Å². The molecule has 1 atom stereocenters. The van der Waals surface area contributed by atoms with E-state index in [1.54, 1.807) is 30.3 Å². The Morgan fingerprint density at radius 3 is 2.42 bits per heavy atom. The summed E-state index contributed by atoms with van der Waals surface area (Å²) < 4.78 is 25.5. The van der Waals surface area contributed by atoms with Gasteiger partial charge < -0.3 is 16.0 Å². The first-order valence-electron chi connectivity index (χ1n) is 10.1. The number of nitrogens with zero attached hydrogens (tertiary/aromatic N) is 1. The highest BCUT2D eigenvalue weighted by Gasteiger charge is 2.32. The fraction of sp³-hybridized carbons (Fsp3) is 0.364. The molecular weight excluding hydrogens is 416 g/mol. The number of urea groups is 1. The van der Waals surface area contributed by atoms with Crippen molar-refractivity contribution in [1.82, 2.24) is 10.6 Å². The lowest BCUT2D eigenvalue weighted by Gasteiger charge is -2.21. The predicted molar refractivity (Wildman–Crippen MR) is 122 cm³/mol. The third kappa shape index (κ3) is 5.55. The normalized spacial score (nSPS) is 15.5. The molecule has 2 aromatic rings. The van der Waals surface area contributed by atoms with Crippen molar-refractivity contribution in [2.45, 2.75) is 45.8 Å². The summed E-state index contributed by atoms with van der Waals surface area (Å²) in [5, 5.41) is 8.38. The minimum Gasteiger partial charge on any atom is -0.348 e. The smallest absolute Gasteiger partial charge is 0.319 e. The van der Waals surface area contributed by atoms with E-state index < -0.39 is 10.0 Å². The second-order valence-electron chi connectivity index (χ2n) is 8.09. The van der Waals surface area contributed by atoms with Crippen molar-refractivity contribution in [3.63, 3.8) is 0 Å². The monoisotopic (exact) mass is 444 g/mol. The molecule has 1 aliphatic heterocycles. The molecule has 3 rings (SSSR count). The second kappa shape index (κ2) is 8.97.